The summed E-state index contributed by atoms with van der Waals surface area (Å²) < 4.78 is 5.09. The predicted molar refractivity (Wildman–Crippen MR) is 60.9 cm³/mol. The summed E-state index contributed by atoms with van der Waals surface area (Å²) in [7, 11) is 0. The number of benzene rings is 1. The van der Waals surface area contributed by atoms with Crippen molar-refractivity contribution in [2.45, 2.75) is 27.2 Å². The Kier molecular flexibility index (Phi) is 4.01. The standard InChI is InChI=1S/C12H15N2O2/c1-8-4-5-12(16-10(3)15)9(2)11(8)6-7-14-13/h4-5H,6-7H2,1-3H3/q+1. The quantitative estimate of drug-likeness (QED) is 0.446. The molecule has 0 radical (unpaired) electrons. The highest BCUT2D eigenvalue weighted by Gasteiger charge is 2.11. The van der Waals surface area contributed by atoms with Crippen molar-refractivity contribution in [2.75, 3.05) is 6.54 Å². The summed E-state index contributed by atoms with van der Waals surface area (Å²) in [4.78, 5) is 14.0. The van der Waals surface area contributed by atoms with E-state index in [9.17, 15) is 4.79 Å². The number of nitrogens with zero attached hydrogens (tertiary/aromatic N) is 2. The first-order valence-electron chi connectivity index (χ1n) is 5.14. The third-order valence-electron chi connectivity index (χ3n) is 2.50. The minimum absolute atomic E-state index is 0.329. The highest BCUT2D eigenvalue weighted by atomic mass is 16.5. The topological polar surface area (TPSA) is 54.5 Å². The van der Waals surface area contributed by atoms with Gasteiger partial charge in [0, 0.05) is 6.92 Å². The van der Waals surface area contributed by atoms with Crippen molar-refractivity contribution in [2.24, 2.45) is 0 Å². The van der Waals surface area contributed by atoms with Gasteiger partial charge in [-0.3, -0.25) is 4.79 Å². The van der Waals surface area contributed by atoms with Gasteiger partial charge in [-0.2, -0.15) is 0 Å². The van der Waals surface area contributed by atoms with Crippen LogP contribution in [0.4, 0.5) is 0 Å². The molecule has 0 unspecified atom stereocenters. The van der Waals surface area contributed by atoms with Crippen LogP contribution in [0.1, 0.15) is 23.6 Å². The van der Waals surface area contributed by atoms with Crippen molar-refractivity contribution >= 4 is 5.97 Å². The molecule has 0 spiro atoms. The molecule has 0 bridgehead atoms. The summed E-state index contributed by atoms with van der Waals surface area (Å²) in [6.07, 6.45) is 0.642. The van der Waals surface area contributed by atoms with Crippen LogP contribution in [0.3, 0.4) is 0 Å². The molecule has 4 nitrogen and oxygen atoms in total. The Morgan fingerprint density at radius 1 is 1.44 bits per heavy atom. The molecule has 0 fully saturated rings. The zero-order valence-corrected chi connectivity index (χ0v) is 9.78. The van der Waals surface area contributed by atoms with Gasteiger partial charge in [0.25, 0.3) is 0 Å². The fraction of sp³-hybridized carbons (Fsp3) is 0.417. The number of carbonyl (C=O) groups is 1. The van der Waals surface area contributed by atoms with Crippen molar-refractivity contribution < 1.29 is 9.53 Å². The number of diazo groups is 1. The molecule has 1 aromatic rings. The van der Waals surface area contributed by atoms with Crippen LogP contribution in [0.15, 0.2) is 12.1 Å². The molecule has 0 atom stereocenters. The predicted octanol–water partition coefficient (Wildman–Crippen LogP) is 2.62. The number of rotatable bonds is 3. The minimum Gasteiger partial charge on any atom is -0.426 e. The number of ether oxygens (including phenoxy) is 1. The lowest BCUT2D eigenvalue weighted by molar-refractivity contribution is -0.131. The van der Waals surface area contributed by atoms with E-state index in [0.29, 0.717) is 18.7 Å². The summed E-state index contributed by atoms with van der Waals surface area (Å²) >= 11 is 0. The number of hydrogen-bond acceptors (Lipinski definition) is 3. The molecule has 16 heavy (non-hydrogen) atoms. The van der Waals surface area contributed by atoms with Crippen molar-refractivity contribution in [3.05, 3.63) is 33.8 Å². The smallest absolute Gasteiger partial charge is 0.309 e. The highest BCUT2D eigenvalue weighted by molar-refractivity contribution is 5.70. The van der Waals surface area contributed by atoms with E-state index in [1.807, 2.05) is 19.9 Å². The third-order valence-corrected chi connectivity index (χ3v) is 2.50. The fourth-order valence-electron chi connectivity index (χ4n) is 1.68. The summed E-state index contributed by atoms with van der Waals surface area (Å²) in [5.41, 5.74) is 3.10. The van der Waals surface area contributed by atoms with E-state index in [2.05, 4.69) is 4.98 Å². The van der Waals surface area contributed by atoms with E-state index in [4.69, 9.17) is 10.1 Å². The average molecular weight is 219 g/mol. The Hall–Kier alpha value is -1.89. The van der Waals surface area contributed by atoms with Gasteiger partial charge < -0.3 is 4.74 Å². The van der Waals surface area contributed by atoms with Crippen molar-refractivity contribution in [3.63, 3.8) is 0 Å². The molecule has 0 N–H and O–H groups in total. The molecule has 0 aliphatic heterocycles. The van der Waals surface area contributed by atoms with Crippen LogP contribution in [0.2, 0.25) is 0 Å². The molecule has 0 amide bonds. The van der Waals surface area contributed by atoms with E-state index in [-0.39, 0.29) is 5.97 Å². The average Bonchev–Trinajstić information content (AvgIpc) is 2.22. The van der Waals surface area contributed by atoms with Crippen molar-refractivity contribution in [1.29, 1.82) is 5.39 Å². The SMILES string of the molecule is CC(=O)Oc1ccc(C)c(CC[N+]#N)c1C. The van der Waals surface area contributed by atoms with Crippen LogP contribution in [0.5, 0.6) is 5.75 Å². The zero-order valence-electron chi connectivity index (χ0n) is 9.78. The van der Waals surface area contributed by atoms with Crippen LogP contribution < -0.4 is 4.74 Å². The molecule has 0 saturated carbocycles. The van der Waals surface area contributed by atoms with Crippen LogP contribution in [0.25, 0.3) is 4.98 Å². The van der Waals surface area contributed by atoms with Gasteiger partial charge in [0.05, 0.1) is 6.42 Å². The maximum atomic E-state index is 10.9. The lowest BCUT2D eigenvalue weighted by Crippen LogP contribution is -2.05. The molecular formula is C12H15N2O2+. The number of hydrogen-bond donors (Lipinski definition) is 0. The molecule has 0 aromatic heterocycles. The molecule has 4 heteroatoms. The Morgan fingerprint density at radius 2 is 2.12 bits per heavy atom. The second-order valence-corrected chi connectivity index (χ2v) is 3.69. The van der Waals surface area contributed by atoms with E-state index in [1.165, 1.54) is 6.92 Å². The summed E-state index contributed by atoms with van der Waals surface area (Å²) in [6, 6.07) is 3.68. The maximum absolute atomic E-state index is 10.9. The molecule has 0 heterocycles. The second-order valence-electron chi connectivity index (χ2n) is 3.69. The Bertz CT molecular complexity index is 447. The molecule has 0 aliphatic carbocycles. The third kappa shape index (κ3) is 2.80. The van der Waals surface area contributed by atoms with Crippen molar-refractivity contribution in [1.82, 2.24) is 0 Å². The van der Waals surface area contributed by atoms with Crippen LogP contribution in [-0.4, -0.2) is 12.5 Å². The van der Waals surface area contributed by atoms with Gasteiger partial charge in [0.15, 0.2) is 0 Å². The van der Waals surface area contributed by atoms with Crippen LogP contribution in [-0.2, 0) is 11.2 Å². The van der Waals surface area contributed by atoms with Gasteiger partial charge in [-0.25, -0.2) is 0 Å². The first kappa shape index (κ1) is 12.2. The monoisotopic (exact) mass is 219 g/mol. The zero-order chi connectivity index (χ0) is 12.1. The largest absolute Gasteiger partial charge is 0.426 e. The van der Waals surface area contributed by atoms with Gasteiger partial charge >= 0.3 is 12.5 Å². The normalized spacial score (nSPS) is 9.62. The summed E-state index contributed by atoms with van der Waals surface area (Å²) in [6.45, 7) is 5.61. The first-order valence-corrected chi connectivity index (χ1v) is 5.14. The van der Waals surface area contributed by atoms with E-state index < -0.39 is 0 Å². The fourth-order valence-corrected chi connectivity index (χ4v) is 1.68. The van der Waals surface area contributed by atoms with E-state index >= 15 is 0 Å². The van der Waals surface area contributed by atoms with Crippen LogP contribution in [0, 0.1) is 19.2 Å². The molecule has 0 aliphatic rings. The van der Waals surface area contributed by atoms with Crippen molar-refractivity contribution in [3.8, 4) is 5.75 Å². The summed E-state index contributed by atoms with van der Waals surface area (Å²) in [5, 5.41) is 8.46. The van der Waals surface area contributed by atoms with Gasteiger partial charge in [-0.05, 0) is 36.6 Å². The Balaban J connectivity index is 3.06. The second kappa shape index (κ2) is 5.26. The maximum Gasteiger partial charge on any atom is 0.309 e. The van der Waals surface area contributed by atoms with Gasteiger partial charge in [-0.15, -0.1) is 0 Å². The first-order chi connectivity index (χ1) is 7.56. The van der Waals surface area contributed by atoms with E-state index in [1.54, 1.807) is 6.07 Å². The lowest BCUT2D eigenvalue weighted by Gasteiger charge is -2.11. The van der Waals surface area contributed by atoms with Crippen LogP contribution >= 0.6 is 0 Å². The highest BCUT2D eigenvalue weighted by Crippen LogP contribution is 2.25. The minimum atomic E-state index is -0.329. The van der Waals surface area contributed by atoms with Gasteiger partial charge in [0.2, 0.25) is 5.39 Å². The molecular weight excluding hydrogens is 204 g/mol. The molecule has 84 valence electrons. The Labute approximate surface area is 94.9 Å². The molecule has 1 aromatic carbocycles. The Morgan fingerprint density at radius 3 is 2.69 bits per heavy atom. The van der Waals surface area contributed by atoms with E-state index in [0.717, 1.165) is 16.7 Å². The van der Waals surface area contributed by atoms with Gasteiger partial charge in [0.1, 0.15) is 10.7 Å². The number of esters is 1. The lowest BCUT2D eigenvalue weighted by atomic mass is 9.99. The summed E-state index contributed by atoms with van der Waals surface area (Å²) in [5.74, 6) is 0.246. The van der Waals surface area contributed by atoms with Gasteiger partial charge in [-0.1, -0.05) is 6.07 Å². The number of aryl methyl sites for hydroxylation is 1. The number of carbonyl (C=O) groups excluding carboxylic acids is 1. The molecule has 0 saturated heterocycles. The molecule has 1 rings (SSSR count).